The zero-order chi connectivity index (χ0) is 13.8. The number of carbonyl (C=O) groups is 1. The molecule has 2 atom stereocenters. The van der Waals surface area contributed by atoms with Crippen LogP contribution < -0.4 is 11.1 Å². The van der Waals surface area contributed by atoms with Crippen LogP contribution in [0.5, 0.6) is 0 Å². The summed E-state index contributed by atoms with van der Waals surface area (Å²) in [6.45, 7) is 3.74. The van der Waals surface area contributed by atoms with Gasteiger partial charge in [0, 0.05) is 24.5 Å². The molecule has 2 unspecified atom stereocenters. The molecule has 5 heteroatoms. The van der Waals surface area contributed by atoms with E-state index >= 15 is 0 Å². The van der Waals surface area contributed by atoms with Crippen molar-refractivity contribution < 1.29 is 9.90 Å². The second kappa shape index (κ2) is 6.04. The van der Waals surface area contributed by atoms with Gasteiger partial charge in [0.15, 0.2) is 0 Å². The van der Waals surface area contributed by atoms with Gasteiger partial charge in [0.2, 0.25) is 5.91 Å². The molecule has 0 bridgehead atoms. The van der Waals surface area contributed by atoms with E-state index in [1.165, 1.54) is 0 Å². The number of hydrogen-bond donors (Lipinski definition) is 3. The maximum absolute atomic E-state index is 12.1. The summed E-state index contributed by atoms with van der Waals surface area (Å²) >= 11 is 0. The minimum absolute atomic E-state index is 0.0247. The van der Waals surface area contributed by atoms with Crippen molar-refractivity contribution >= 4 is 17.3 Å². The van der Waals surface area contributed by atoms with Gasteiger partial charge in [-0.1, -0.05) is 0 Å². The monoisotopic (exact) mass is 263 g/mol. The summed E-state index contributed by atoms with van der Waals surface area (Å²) in [7, 11) is 0. The minimum atomic E-state index is -0.186. The van der Waals surface area contributed by atoms with Gasteiger partial charge in [0.05, 0.1) is 6.04 Å². The van der Waals surface area contributed by atoms with E-state index in [9.17, 15) is 4.79 Å². The van der Waals surface area contributed by atoms with Crippen molar-refractivity contribution in [1.82, 2.24) is 4.90 Å². The van der Waals surface area contributed by atoms with E-state index in [-0.39, 0.29) is 18.6 Å². The molecule has 104 valence electrons. The average Bonchev–Trinajstić information content (AvgIpc) is 2.89. The first-order chi connectivity index (χ1) is 9.10. The lowest BCUT2D eigenvalue weighted by molar-refractivity contribution is -0.120. The topological polar surface area (TPSA) is 78.6 Å². The van der Waals surface area contributed by atoms with Gasteiger partial charge in [-0.25, -0.2) is 0 Å². The number of rotatable bonds is 4. The Morgan fingerprint density at radius 1 is 1.53 bits per heavy atom. The van der Waals surface area contributed by atoms with Gasteiger partial charge in [-0.15, -0.1) is 0 Å². The molecule has 2 rings (SSSR count). The van der Waals surface area contributed by atoms with E-state index < -0.39 is 0 Å². The molecule has 1 aliphatic rings. The standard InChI is InChI=1S/C14H21N3O2/c1-10(17-7-6-11(8-17)9-18)14(19)16-13-4-2-12(15)3-5-13/h2-5,10-11,18H,6-9,15H2,1H3,(H,16,19). The Hall–Kier alpha value is -1.59. The average molecular weight is 263 g/mol. The number of aliphatic hydroxyl groups excluding tert-OH is 1. The van der Waals surface area contributed by atoms with Crippen LogP contribution >= 0.6 is 0 Å². The van der Waals surface area contributed by atoms with Gasteiger partial charge in [0.1, 0.15) is 0 Å². The number of nitrogens with two attached hydrogens (primary N) is 1. The van der Waals surface area contributed by atoms with E-state index in [0.717, 1.165) is 25.2 Å². The Morgan fingerprint density at radius 2 is 2.21 bits per heavy atom. The van der Waals surface area contributed by atoms with Gasteiger partial charge >= 0.3 is 0 Å². The van der Waals surface area contributed by atoms with Crippen molar-refractivity contribution in [1.29, 1.82) is 0 Å². The first-order valence-electron chi connectivity index (χ1n) is 6.61. The molecule has 1 aromatic rings. The molecule has 1 aliphatic heterocycles. The fraction of sp³-hybridized carbons (Fsp3) is 0.500. The number of nitrogen functional groups attached to an aromatic ring is 1. The van der Waals surface area contributed by atoms with Gasteiger partial charge < -0.3 is 16.2 Å². The first kappa shape index (κ1) is 13.8. The second-order valence-corrected chi connectivity index (χ2v) is 5.12. The number of nitrogens with one attached hydrogen (secondary N) is 1. The molecule has 4 N–H and O–H groups in total. The Balaban J connectivity index is 1.91. The maximum Gasteiger partial charge on any atom is 0.241 e. The number of amides is 1. The molecule has 1 saturated heterocycles. The molecule has 1 heterocycles. The third kappa shape index (κ3) is 3.45. The van der Waals surface area contributed by atoms with Crippen LogP contribution in [0.2, 0.25) is 0 Å². The van der Waals surface area contributed by atoms with Crippen molar-refractivity contribution in [3.05, 3.63) is 24.3 Å². The number of aliphatic hydroxyl groups is 1. The largest absolute Gasteiger partial charge is 0.399 e. The van der Waals surface area contributed by atoms with Crippen LogP contribution in [0.1, 0.15) is 13.3 Å². The van der Waals surface area contributed by atoms with Crippen LogP contribution in [0.25, 0.3) is 0 Å². The van der Waals surface area contributed by atoms with E-state index in [1.807, 2.05) is 6.92 Å². The van der Waals surface area contributed by atoms with Crippen LogP contribution in [0.15, 0.2) is 24.3 Å². The van der Waals surface area contributed by atoms with Gasteiger partial charge in [0.25, 0.3) is 0 Å². The molecule has 0 spiro atoms. The number of hydrogen-bond acceptors (Lipinski definition) is 4. The number of nitrogens with zero attached hydrogens (tertiary/aromatic N) is 1. The summed E-state index contributed by atoms with van der Waals surface area (Å²) in [5.74, 6) is 0.273. The summed E-state index contributed by atoms with van der Waals surface area (Å²) in [6, 6.07) is 6.92. The van der Waals surface area contributed by atoms with Crippen molar-refractivity contribution in [3.8, 4) is 0 Å². The molecule has 1 fully saturated rings. The Kier molecular flexibility index (Phi) is 4.39. The molecule has 1 aromatic carbocycles. The summed E-state index contributed by atoms with van der Waals surface area (Å²) < 4.78 is 0. The Labute approximate surface area is 113 Å². The molecule has 0 aromatic heterocycles. The first-order valence-corrected chi connectivity index (χ1v) is 6.61. The van der Waals surface area contributed by atoms with E-state index in [4.69, 9.17) is 10.8 Å². The summed E-state index contributed by atoms with van der Waals surface area (Å²) in [5.41, 5.74) is 7.03. The third-order valence-electron chi connectivity index (χ3n) is 3.68. The van der Waals surface area contributed by atoms with Gasteiger partial charge in [-0.2, -0.15) is 0 Å². The third-order valence-corrected chi connectivity index (χ3v) is 3.68. The lowest BCUT2D eigenvalue weighted by atomic mass is 10.1. The smallest absolute Gasteiger partial charge is 0.241 e. The summed E-state index contributed by atoms with van der Waals surface area (Å²) in [5, 5.41) is 12.0. The van der Waals surface area contributed by atoms with Crippen molar-refractivity contribution in [2.24, 2.45) is 5.92 Å². The minimum Gasteiger partial charge on any atom is -0.399 e. The Bertz CT molecular complexity index is 433. The van der Waals surface area contributed by atoms with Crippen LogP contribution in [0, 0.1) is 5.92 Å². The molecule has 1 amide bonds. The van der Waals surface area contributed by atoms with Crippen LogP contribution in [-0.4, -0.2) is 41.7 Å². The fourth-order valence-corrected chi connectivity index (χ4v) is 2.34. The van der Waals surface area contributed by atoms with Crippen LogP contribution in [0.3, 0.4) is 0 Å². The summed E-state index contributed by atoms with van der Waals surface area (Å²) in [6.07, 6.45) is 0.954. The highest BCUT2D eigenvalue weighted by atomic mass is 16.3. The number of anilines is 2. The molecule has 5 nitrogen and oxygen atoms in total. The number of likely N-dealkylation sites (tertiary alicyclic amines) is 1. The van der Waals surface area contributed by atoms with E-state index in [0.29, 0.717) is 11.6 Å². The highest BCUT2D eigenvalue weighted by molar-refractivity contribution is 5.94. The van der Waals surface area contributed by atoms with Gasteiger partial charge in [-0.3, -0.25) is 9.69 Å². The lowest BCUT2D eigenvalue weighted by Gasteiger charge is -2.23. The van der Waals surface area contributed by atoms with Crippen LogP contribution in [-0.2, 0) is 4.79 Å². The predicted octanol–water partition coefficient (Wildman–Crippen LogP) is 0.910. The molecular weight excluding hydrogens is 242 g/mol. The van der Waals surface area contributed by atoms with Crippen molar-refractivity contribution in [2.45, 2.75) is 19.4 Å². The Morgan fingerprint density at radius 3 is 2.79 bits per heavy atom. The highest BCUT2D eigenvalue weighted by Gasteiger charge is 2.29. The molecule has 0 radical (unpaired) electrons. The molecule has 0 saturated carbocycles. The van der Waals surface area contributed by atoms with Gasteiger partial charge in [-0.05, 0) is 50.1 Å². The zero-order valence-corrected chi connectivity index (χ0v) is 11.2. The molecule has 0 aliphatic carbocycles. The molecule has 19 heavy (non-hydrogen) atoms. The van der Waals surface area contributed by atoms with Crippen LogP contribution in [0.4, 0.5) is 11.4 Å². The highest BCUT2D eigenvalue weighted by Crippen LogP contribution is 2.19. The van der Waals surface area contributed by atoms with E-state index in [2.05, 4.69) is 10.2 Å². The maximum atomic E-state index is 12.1. The molecular formula is C14H21N3O2. The SMILES string of the molecule is CC(C(=O)Nc1ccc(N)cc1)N1CCC(CO)C1. The predicted molar refractivity (Wildman–Crippen MR) is 75.7 cm³/mol. The number of benzene rings is 1. The quantitative estimate of drug-likeness (QED) is 0.706. The van der Waals surface area contributed by atoms with Crippen molar-refractivity contribution in [3.63, 3.8) is 0 Å². The second-order valence-electron chi connectivity index (χ2n) is 5.12. The van der Waals surface area contributed by atoms with Crippen molar-refractivity contribution in [2.75, 3.05) is 30.7 Å². The number of carbonyl (C=O) groups excluding carboxylic acids is 1. The normalized spacial score (nSPS) is 21.3. The lowest BCUT2D eigenvalue weighted by Crippen LogP contribution is -2.40. The summed E-state index contributed by atoms with van der Waals surface area (Å²) in [4.78, 5) is 14.2. The fourth-order valence-electron chi connectivity index (χ4n) is 2.34. The zero-order valence-electron chi connectivity index (χ0n) is 11.2. The van der Waals surface area contributed by atoms with E-state index in [1.54, 1.807) is 24.3 Å².